The molecule has 1 heterocycles. The molecule has 0 spiro atoms. The molecule has 3 rings (SSSR count). The second-order valence-corrected chi connectivity index (χ2v) is 9.33. The van der Waals surface area contributed by atoms with Crippen molar-refractivity contribution < 1.29 is 17.9 Å². The van der Waals surface area contributed by atoms with Crippen LogP contribution >= 0.6 is 0 Å². The fourth-order valence-electron chi connectivity index (χ4n) is 3.14. The van der Waals surface area contributed by atoms with Crippen LogP contribution in [0.2, 0.25) is 0 Å². The minimum absolute atomic E-state index is 0.0459. The Bertz CT molecular complexity index is 1050. The molecule has 1 unspecified atom stereocenters. The standard InChI is InChI=1S/C22H24O4S/c1-6-22(4)21(23)19(17-8-7-14(2)15(3)13-17)20(26-22)16-9-11-18(12-10-16)27(5,24)25/h7-13H,6H2,1-5H3. The van der Waals surface area contributed by atoms with Gasteiger partial charge in [-0.05, 0) is 68.1 Å². The Hall–Kier alpha value is -2.40. The maximum absolute atomic E-state index is 13.2. The summed E-state index contributed by atoms with van der Waals surface area (Å²) in [4.78, 5) is 13.4. The molecule has 1 aliphatic heterocycles. The van der Waals surface area contributed by atoms with E-state index in [1.54, 1.807) is 31.2 Å². The number of sulfone groups is 1. The number of rotatable bonds is 4. The lowest BCUT2D eigenvalue weighted by atomic mass is 9.89. The van der Waals surface area contributed by atoms with Gasteiger partial charge in [0.15, 0.2) is 15.4 Å². The van der Waals surface area contributed by atoms with Crippen molar-refractivity contribution in [2.45, 2.75) is 44.6 Å². The molecule has 0 aliphatic carbocycles. The number of benzene rings is 2. The lowest BCUT2D eigenvalue weighted by Crippen LogP contribution is -2.32. The number of Topliss-reactive ketones (excluding diaryl/α,β-unsaturated/α-hetero) is 1. The first-order valence-corrected chi connectivity index (χ1v) is 10.8. The molecule has 0 bridgehead atoms. The molecule has 0 saturated heterocycles. The van der Waals surface area contributed by atoms with Crippen molar-refractivity contribution in [3.05, 3.63) is 64.7 Å². The lowest BCUT2D eigenvalue weighted by Gasteiger charge is -2.21. The highest BCUT2D eigenvalue weighted by atomic mass is 32.2. The molecule has 4 nitrogen and oxygen atoms in total. The van der Waals surface area contributed by atoms with E-state index < -0.39 is 15.4 Å². The number of ether oxygens (including phenoxy) is 1. The largest absolute Gasteiger partial charge is 0.478 e. The predicted molar refractivity (Wildman–Crippen MR) is 107 cm³/mol. The van der Waals surface area contributed by atoms with Crippen molar-refractivity contribution in [3.8, 4) is 0 Å². The maximum Gasteiger partial charge on any atom is 0.210 e. The van der Waals surface area contributed by atoms with Crippen molar-refractivity contribution in [1.82, 2.24) is 0 Å². The average Bonchev–Trinajstić information content (AvgIpc) is 2.89. The highest BCUT2D eigenvalue weighted by molar-refractivity contribution is 7.90. The van der Waals surface area contributed by atoms with Crippen LogP contribution in [-0.4, -0.2) is 26.1 Å². The zero-order chi connectivity index (χ0) is 20.0. The third-order valence-corrected chi connectivity index (χ3v) is 6.41. The normalized spacial score (nSPS) is 20.1. The molecule has 142 valence electrons. The fourth-order valence-corrected chi connectivity index (χ4v) is 3.77. The SMILES string of the molecule is CCC1(C)OC(c2ccc(S(C)(=O)=O)cc2)=C(c2ccc(C)c(C)c2)C1=O. The molecule has 0 fully saturated rings. The minimum Gasteiger partial charge on any atom is -0.478 e. The average molecular weight is 384 g/mol. The van der Waals surface area contributed by atoms with Crippen LogP contribution in [-0.2, 0) is 19.4 Å². The van der Waals surface area contributed by atoms with Gasteiger partial charge < -0.3 is 4.74 Å². The molecular weight excluding hydrogens is 360 g/mol. The number of aryl methyl sites for hydroxylation is 2. The molecule has 2 aromatic carbocycles. The summed E-state index contributed by atoms with van der Waals surface area (Å²) < 4.78 is 29.6. The smallest absolute Gasteiger partial charge is 0.210 e. The third kappa shape index (κ3) is 3.44. The van der Waals surface area contributed by atoms with Gasteiger partial charge in [-0.15, -0.1) is 0 Å². The molecule has 0 aromatic heterocycles. The topological polar surface area (TPSA) is 60.4 Å². The molecule has 2 aromatic rings. The van der Waals surface area contributed by atoms with Gasteiger partial charge in [0.1, 0.15) is 5.76 Å². The van der Waals surface area contributed by atoms with Crippen LogP contribution in [0.1, 0.15) is 42.5 Å². The Balaban J connectivity index is 2.19. The van der Waals surface area contributed by atoms with Gasteiger partial charge in [-0.25, -0.2) is 8.42 Å². The zero-order valence-corrected chi connectivity index (χ0v) is 17.1. The van der Waals surface area contributed by atoms with Crippen LogP contribution in [0.4, 0.5) is 0 Å². The molecule has 0 saturated carbocycles. The number of hydrogen-bond acceptors (Lipinski definition) is 4. The molecule has 0 radical (unpaired) electrons. The van der Waals surface area contributed by atoms with Crippen LogP contribution in [0, 0.1) is 13.8 Å². The van der Waals surface area contributed by atoms with Gasteiger partial charge in [-0.3, -0.25) is 4.79 Å². The fraction of sp³-hybridized carbons (Fsp3) is 0.318. The summed E-state index contributed by atoms with van der Waals surface area (Å²) in [6.45, 7) is 7.76. The van der Waals surface area contributed by atoms with Gasteiger partial charge in [0.2, 0.25) is 5.78 Å². The van der Waals surface area contributed by atoms with Gasteiger partial charge >= 0.3 is 0 Å². The zero-order valence-electron chi connectivity index (χ0n) is 16.3. The van der Waals surface area contributed by atoms with Gasteiger partial charge in [0.05, 0.1) is 10.5 Å². The molecule has 1 aliphatic rings. The summed E-state index contributed by atoms with van der Waals surface area (Å²) in [6, 6.07) is 12.4. The highest BCUT2D eigenvalue weighted by Crippen LogP contribution is 2.43. The van der Waals surface area contributed by atoms with E-state index in [4.69, 9.17) is 4.74 Å². The van der Waals surface area contributed by atoms with E-state index in [9.17, 15) is 13.2 Å². The van der Waals surface area contributed by atoms with Gasteiger partial charge in [0, 0.05) is 11.8 Å². The summed E-state index contributed by atoms with van der Waals surface area (Å²) in [6.07, 6.45) is 1.72. The van der Waals surface area contributed by atoms with Crippen LogP contribution in [0.15, 0.2) is 47.4 Å². The van der Waals surface area contributed by atoms with Crippen molar-refractivity contribution in [2.75, 3.05) is 6.26 Å². The van der Waals surface area contributed by atoms with Crippen molar-refractivity contribution in [3.63, 3.8) is 0 Å². The Morgan fingerprint density at radius 2 is 1.56 bits per heavy atom. The van der Waals surface area contributed by atoms with Crippen LogP contribution in [0.5, 0.6) is 0 Å². The second kappa shape index (κ2) is 6.64. The summed E-state index contributed by atoms with van der Waals surface area (Å²) in [5.74, 6) is 0.461. The minimum atomic E-state index is -3.28. The first-order valence-electron chi connectivity index (χ1n) is 8.93. The number of carbonyl (C=O) groups excluding carboxylic acids is 1. The van der Waals surface area contributed by atoms with E-state index in [1.807, 2.05) is 39.0 Å². The van der Waals surface area contributed by atoms with E-state index in [-0.39, 0.29) is 10.7 Å². The van der Waals surface area contributed by atoms with Crippen LogP contribution in [0.3, 0.4) is 0 Å². The Kier molecular flexibility index (Phi) is 4.76. The molecule has 0 amide bonds. The Morgan fingerprint density at radius 1 is 0.963 bits per heavy atom. The quantitative estimate of drug-likeness (QED) is 0.787. The van der Waals surface area contributed by atoms with E-state index in [0.29, 0.717) is 23.3 Å². The van der Waals surface area contributed by atoms with Crippen molar-refractivity contribution in [1.29, 1.82) is 0 Å². The maximum atomic E-state index is 13.2. The van der Waals surface area contributed by atoms with Gasteiger partial charge in [0.25, 0.3) is 0 Å². The summed E-state index contributed by atoms with van der Waals surface area (Å²) in [5.41, 5.74) is 3.41. The first kappa shape index (κ1) is 19.4. The second-order valence-electron chi connectivity index (χ2n) is 7.32. The number of carbonyl (C=O) groups is 1. The lowest BCUT2D eigenvalue weighted by molar-refractivity contribution is -0.126. The molecular formula is C22H24O4S. The van der Waals surface area contributed by atoms with Gasteiger partial charge in [-0.2, -0.15) is 0 Å². The molecule has 27 heavy (non-hydrogen) atoms. The summed E-state index contributed by atoms with van der Waals surface area (Å²) in [7, 11) is -3.28. The predicted octanol–water partition coefficient (Wildman–Crippen LogP) is 4.34. The number of ketones is 1. The molecule has 1 atom stereocenters. The van der Waals surface area contributed by atoms with E-state index >= 15 is 0 Å². The highest BCUT2D eigenvalue weighted by Gasteiger charge is 2.45. The summed E-state index contributed by atoms with van der Waals surface area (Å²) >= 11 is 0. The van der Waals surface area contributed by atoms with Crippen LogP contribution in [0.25, 0.3) is 11.3 Å². The Labute approximate surface area is 160 Å². The third-order valence-electron chi connectivity index (χ3n) is 5.28. The first-order chi connectivity index (χ1) is 12.6. The van der Waals surface area contributed by atoms with Crippen molar-refractivity contribution in [2.24, 2.45) is 0 Å². The monoisotopic (exact) mass is 384 g/mol. The molecule has 5 heteroatoms. The van der Waals surface area contributed by atoms with Gasteiger partial charge in [-0.1, -0.05) is 25.1 Å². The number of hydrogen-bond donors (Lipinski definition) is 0. The summed E-state index contributed by atoms with van der Waals surface area (Å²) in [5, 5.41) is 0. The van der Waals surface area contributed by atoms with Crippen molar-refractivity contribution >= 4 is 27.0 Å². The Morgan fingerprint density at radius 3 is 2.07 bits per heavy atom. The van der Waals surface area contributed by atoms with E-state index in [1.165, 1.54) is 6.26 Å². The van der Waals surface area contributed by atoms with E-state index in [2.05, 4.69) is 0 Å². The van der Waals surface area contributed by atoms with Crippen LogP contribution < -0.4 is 0 Å². The van der Waals surface area contributed by atoms with E-state index in [0.717, 1.165) is 16.7 Å². The molecule has 0 N–H and O–H groups in total.